The van der Waals surface area contributed by atoms with Gasteiger partial charge in [-0.2, -0.15) is 14.9 Å². The van der Waals surface area contributed by atoms with Crippen LogP contribution in [0.3, 0.4) is 0 Å². The van der Waals surface area contributed by atoms with E-state index in [1.807, 2.05) is 43.3 Å². The lowest BCUT2D eigenvalue weighted by atomic mass is 10.2. The summed E-state index contributed by atoms with van der Waals surface area (Å²) >= 11 is 5.32. The first-order chi connectivity index (χ1) is 14.1. The summed E-state index contributed by atoms with van der Waals surface area (Å²) in [7, 11) is 0. The van der Waals surface area contributed by atoms with E-state index in [1.165, 1.54) is 4.68 Å². The smallest absolute Gasteiger partial charge is 0.216 e. The molecule has 0 saturated heterocycles. The number of hydrogen-bond acceptors (Lipinski definition) is 6. The summed E-state index contributed by atoms with van der Waals surface area (Å²) in [5.74, 6) is 1.47. The van der Waals surface area contributed by atoms with Crippen LogP contribution in [-0.2, 0) is 0 Å². The second-order valence-corrected chi connectivity index (χ2v) is 6.67. The van der Waals surface area contributed by atoms with Gasteiger partial charge in [0.15, 0.2) is 5.82 Å². The molecule has 0 fully saturated rings. The van der Waals surface area contributed by atoms with Crippen molar-refractivity contribution in [2.75, 3.05) is 24.6 Å². The van der Waals surface area contributed by atoms with Crippen LogP contribution in [0.5, 0.6) is 11.5 Å². The fourth-order valence-corrected chi connectivity index (χ4v) is 3.20. The fourth-order valence-electron chi connectivity index (χ4n) is 3.02. The largest absolute Gasteiger partial charge is 0.507 e. The van der Waals surface area contributed by atoms with E-state index in [0.717, 1.165) is 30.1 Å². The molecule has 0 unspecified atom stereocenters. The van der Waals surface area contributed by atoms with Crippen LogP contribution >= 0.6 is 12.2 Å². The number of phenols is 1. The molecular weight excluding hydrogens is 386 g/mol. The highest BCUT2D eigenvalue weighted by atomic mass is 32.1. The molecule has 2 N–H and O–H groups in total. The van der Waals surface area contributed by atoms with Gasteiger partial charge in [-0.3, -0.25) is 0 Å². The number of nitrogens with zero attached hydrogens (tertiary/aromatic N) is 4. The molecule has 8 heteroatoms. The SMILES string of the molecule is CCOc1cccc(-c2n[nH]c(=S)n2N=Cc2ccc(N(CC)CC)cc2O)c1. The first kappa shape index (κ1) is 20.6. The number of H-pyrrole nitrogens is 1. The Kier molecular flexibility index (Phi) is 6.66. The Morgan fingerprint density at radius 2 is 2.00 bits per heavy atom. The van der Waals surface area contributed by atoms with Crippen LogP contribution in [-0.4, -0.2) is 45.9 Å². The molecule has 3 aromatic rings. The molecule has 1 heterocycles. The maximum atomic E-state index is 10.4. The topological polar surface area (TPSA) is 78.7 Å². The van der Waals surface area contributed by atoms with Gasteiger partial charge in [-0.05, 0) is 57.3 Å². The lowest BCUT2D eigenvalue weighted by Gasteiger charge is -2.21. The zero-order valence-electron chi connectivity index (χ0n) is 16.8. The van der Waals surface area contributed by atoms with Crippen LogP contribution in [0, 0.1) is 4.77 Å². The van der Waals surface area contributed by atoms with Gasteiger partial charge in [0.25, 0.3) is 0 Å². The van der Waals surface area contributed by atoms with Gasteiger partial charge < -0.3 is 14.7 Å². The number of phenolic OH excluding ortho intramolecular Hbond substituents is 1. The maximum Gasteiger partial charge on any atom is 0.216 e. The van der Waals surface area contributed by atoms with Gasteiger partial charge in [-0.15, -0.1) is 0 Å². The molecule has 0 bridgehead atoms. The number of aromatic hydroxyl groups is 1. The van der Waals surface area contributed by atoms with Gasteiger partial charge in [0.2, 0.25) is 4.77 Å². The highest BCUT2D eigenvalue weighted by molar-refractivity contribution is 7.71. The van der Waals surface area contributed by atoms with Gasteiger partial charge in [-0.1, -0.05) is 12.1 Å². The minimum atomic E-state index is 0.160. The Morgan fingerprint density at radius 1 is 1.21 bits per heavy atom. The van der Waals surface area contributed by atoms with Crippen molar-refractivity contribution in [2.24, 2.45) is 5.10 Å². The number of rotatable bonds is 8. The molecule has 0 saturated carbocycles. The average molecular weight is 412 g/mol. The van der Waals surface area contributed by atoms with Gasteiger partial charge in [-0.25, -0.2) is 5.10 Å². The number of aromatic amines is 1. The molecule has 7 nitrogen and oxygen atoms in total. The monoisotopic (exact) mass is 411 g/mol. The van der Waals surface area contributed by atoms with Crippen molar-refractivity contribution in [3.05, 3.63) is 52.8 Å². The quantitative estimate of drug-likeness (QED) is 0.423. The van der Waals surface area contributed by atoms with Gasteiger partial charge in [0.05, 0.1) is 12.8 Å². The number of benzene rings is 2. The van der Waals surface area contributed by atoms with E-state index in [0.29, 0.717) is 22.8 Å². The van der Waals surface area contributed by atoms with Crippen LogP contribution in [0.1, 0.15) is 26.3 Å². The summed E-state index contributed by atoms with van der Waals surface area (Å²) in [6.45, 7) is 8.43. The van der Waals surface area contributed by atoms with Crippen LogP contribution < -0.4 is 9.64 Å². The van der Waals surface area contributed by atoms with Crippen LogP contribution in [0.2, 0.25) is 0 Å². The van der Waals surface area contributed by atoms with E-state index in [2.05, 4.69) is 34.0 Å². The Bertz CT molecular complexity index is 1050. The summed E-state index contributed by atoms with van der Waals surface area (Å²) in [5, 5.41) is 21.9. The summed E-state index contributed by atoms with van der Waals surface area (Å²) in [5.41, 5.74) is 2.39. The van der Waals surface area contributed by atoms with Crippen molar-refractivity contribution >= 4 is 24.1 Å². The molecule has 1 aromatic heterocycles. The molecule has 0 aliphatic carbocycles. The second kappa shape index (κ2) is 9.38. The molecule has 2 aromatic carbocycles. The van der Waals surface area contributed by atoms with Gasteiger partial charge >= 0.3 is 0 Å². The number of hydrogen-bond donors (Lipinski definition) is 2. The Labute approximate surface area is 175 Å². The minimum Gasteiger partial charge on any atom is -0.507 e. The van der Waals surface area contributed by atoms with Crippen molar-refractivity contribution < 1.29 is 9.84 Å². The van der Waals surface area contributed by atoms with Crippen LogP contribution in [0.4, 0.5) is 5.69 Å². The van der Waals surface area contributed by atoms with E-state index in [-0.39, 0.29) is 5.75 Å². The first-order valence-corrected chi connectivity index (χ1v) is 10.0. The standard InChI is InChI=1S/C21H25N5O2S/c1-4-25(5-2)17-11-10-16(19(27)13-17)14-22-26-20(23-24-21(26)29)15-8-7-9-18(12-15)28-6-3/h7-14,27H,4-6H2,1-3H3,(H,24,29). The molecule has 3 rings (SSSR count). The van der Waals surface area contributed by atoms with Crippen LogP contribution in [0.15, 0.2) is 47.6 Å². The summed E-state index contributed by atoms with van der Waals surface area (Å²) in [6, 6.07) is 13.1. The highest BCUT2D eigenvalue weighted by Gasteiger charge is 2.10. The molecule has 0 spiro atoms. The van der Waals surface area contributed by atoms with E-state index < -0.39 is 0 Å². The Morgan fingerprint density at radius 3 is 2.69 bits per heavy atom. The van der Waals surface area contributed by atoms with Gasteiger partial charge in [0, 0.05) is 36.0 Å². The molecule has 0 amide bonds. The van der Waals surface area contributed by atoms with Crippen molar-refractivity contribution in [1.29, 1.82) is 0 Å². The molecule has 0 radical (unpaired) electrons. The predicted molar refractivity (Wildman–Crippen MR) is 119 cm³/mol. The molecule has 0 aliphatic rings. The van der Waals surface area contributed by atoms with E-state index in [4.69, 9.17) is 17.0 Å². The van der Waals surface area contributed by atoms with Crippen molar-refractivity contribution in [3.8, 4) is 22.9 Å². The van der Waals surface area contributed by atoms with E-state index in [9.17, 15) is 5.11 Å². The summed E-state index contributed by atoms with van der Waals surface area (Å²) in [4.78, 5) is 2.16. The average Bonchev–Trinajstić information content (AvgIpc) is 3.09. The Hall–Kier alpha value is -3.13. The second-order valence-electron chi connectivity index (χ2n) is 6.28. The number of ether oxygens (including phenoxy) is 1. The summed E-state index contributed by atoms with van der Waals surface area (Å²) in [6.07, 6.45) is 1.57. The zero-order chi connectivity index (χ0) is 20.8. The predicted octanol–water partition coefficient (Wildman–Crippen LogP) is 4.44. The molecular formula is C21H25N5O2S. The lowest BCUT2D eigenvalue weighted by Crippen LogP contribution is -2.21. The molecule has 0 atom stereocenters. The van der Waals surface area contributed by atoms with E-state index in [1.54, 1.807) is 12.3 Å². The third kappa shape index (κ3) is 4.65. The number of nitrogens with one attached hydrogen (secondary N) is 1. The fraction of sp³-hybridized carbons (Fsp3) is 0.286. The zero-order valence-corrected chi connectivity index (χ0v) is 17.6. The van der Waals surface area contributed by atoms with Crippen molar-refractivity contribution in [1.82, 2.24) is 14.9 Å². The molecule has 29 heavy (non-hydrogen) atoms. The maximum absolute atomic E-state index is 10.4. The number of anilines is 1. The van der Waals surface area contributed by atoms with Gasteiger partial charge in [0.1, 0.15) is 11.5 Å². The first-order valence-electron chi connectivity index (χ1n) is 9.60. The molecule has 0 aliphatic heterocycles. The summed E-state index contributed by atoms with van der Waals surface area (Å²) < 4.78 is 7.44. The molecule has 152 valence electrons. The highest BCUT2D eigenvalue weighted by Crippen LogP contribution is 2.25. The van der Waals surface area contributed by atoms with Crippen molar-refractivity contribution in [2.45, 2.75) is 20.8 Å². The van der Waals surface area contributed by atoms with E-state index >= 15 is 0 Å². The number of aromatic nitrogens is 3. The Balaban J connectivity index is 1.92. The van der Waals surface area contributed by atoms with Crippen LogP contribution in [0.25, 0.3) is 11.4 Å². The minimum absolute atomic E-state index is 0.160. The third-order valence-electron chi connectivity index (χ3n) is 4.51. The normalized spacial score (nSPS) is 11.1. The van der Waals surface area contributed by atoms with Crippen molar-refractivity contribution in [3.63, 3.8) is 0 Å². The lowest BCUT2D eigenvalue weighted by molar-refractivity contribution is 0.340. The third-order valence-corrected chi connectivity index (χ3v) is 4.77.